The molecule has 1 N–H and O–H groups in total. The maximum absolute atomic E-state index is 12.0. The second kappa shape index (κ2) is 6.78. The van der Waals surface area contributed by atoms with Crippen LogP contribution in [0.1, 0.15) is 44.9 Å². The van der Waals surface area contributed by atoms with Crippen LogP contribution in [0.4, 0.5) is 13.2 Å². The predicted octanol–water partition coefficient (Wildman–Crippen LogP) is 2.71. The molecule has 2 aliphatic rings. The number of carbonyl (C=O) groups excluding carboxylic acids is 1. The van der Waals surface area contributed by atoms with Gasteiger partial charge in [0.15, 0.2) is 0 Å². The summed E-state index contributed by atoms with van der Waals surface area (Å²) in [6.45, 7) is 1.31. The Morgan fingerprint density at radius 3 is 2.50 bits per heavy atom. The van der Waals surface area contributed by atoms with Crippen LogP contribution in [0.2, 0.25) is 0 Å². The van der Waals surface area contributed by atoms with E-state index in [1.54, 1.807) is 0 Å². The van der Waals surface area contributed by atoms with Crippen molar-refractivity contribution in [3.8, 4) is 0 Å². The Balaban J connectivity index is 1.70. The van der Waals surface area contributed by atoms with E-state index in [2.05, 4.69) is 10.2 Å². The van der Waals surface area contributed by atoms with Crippen molar-refractivity contribution >= 4 is 5.91 Å². The lowest BCUT2D eigenvalue weighted by molar-refractivity contribution is -0.136. The van der Waals surface area contributed by atoms with Gasteiger partial charge in [0.05, 0.1) is 12.3 Å². The molecule has 1 saturated carbocycles. The molecule has 6 heteroatoms. The molecule has 0 aromatic heterocycles. The van der Waals surface area contributed by atoms with Crippen LogP contribution in [-0.2, 0) is 4.79 Å². The first kappa shape index (κ1) is 15.6. The molecule has 0 bridgehead atoms. The average molecular weight is 292 g/mol. The fourth-order valence-electron chi connectivity index (χ4n) is 3.25. The van der Waals surface area contributed by atoms with E-state index in [0.29, 0.717) is 12.6 Å². The van der Waals surface area contributed by atoms with Gasteiger partial charge < -0.3 is 5.32 Å². The molecule has 1 aliphatic carbocycles. The first-order valence-corrected chi connectivity index (χ1v) is 7.54. The fourth-order valence-corrected chi connectivity index (χ4v) is 3.25. The summed E-state index contributed by atoms with van der Waals surface area (Å²) >= 11 is 0. The van der Waals surface area contributed by atoms with Gasteiger partial charge in [-0.15, -0.1) is 0 Å². The average Bonchev–Trinajstić information content (AvgIpc) is 2.88. The molecule has 1 saturated heterocycles. The normalized spacial score (nSPS) is 25.9. The minimum atomic E-state index is -4.20. The lowest BCUT2D eigenvalue weighted by Crippen LogP contribution is -2.38. The van der Waals surface area contributed by atoms with Crippen molar-refractivity contribution in [1.29, 1.82) is 0 Å². The molecule has 2 fully saturated rings. The fraction of sp³-hybridized carbons (Fsp3) is 0.929. The van der Waals surface area contributed by atoms with E-state index in [4.69, 9.17) is 0 Å². The van der Waals surface area contributed by atoms with Gasteiger partial charge in [0.1, 0.15) is 0 Å². The number of alkyl halides is 3. The van der Waals surface area contributed by atoms with E-state index < -0.39 is 12.6 Å². The number of rotatable bonds is 4. The van der Waals surface area contributed by atoms with Crippen molar-refractivity contribution in [3.05, 3.63) is 0 Å². The van der Waals surface area contributed by atoms with Crippen molar-refractivity contribution in [3.63, 3.8) is 0 Å². The minimum absolute atomic E-state index is 0.134. The maximum atomic E-state index is 12.0. The summed E-state index contributed by atoms with van der Waals surface area (Å²) in [7, 11) is 0. The van der Waals surface area contributed by atoms with E-state index in [9.17, 15) is 18.0 Å². The second-order valence-electron chi connectivity index (χ2n) is 5.93. The second-order valence-corrected chi connectivity index (χ2v) is 5.93. The number of nitrogens with one attached hydrogen (secondary N) is 1. The molecule has 1 amide bonds. The minimum Gasteiger partial charge on any atom is -0.355 e. The highest BCUT2D eigenvalue weighted by molar-refractivity contribution is 5.79. The van der Waals surface area contributed by atoms with E-state index in [1.165, 1.54) is 32.1 Å². The zero-order valence-corrected chi connectivity index (χ0v) is 11.7. The van der Waals surface area contributed by atoms with Crippen LogP contribution in [0.25, 0.3) is 0 Å². The van der Waals surface area contributed by atoms with E-state index >= 15 is 0 Å². The molecule has 0 unspecified atom stereocenters. The van der Waals surface area contributed by atoms with Crippen molar-refractivity contribution in [2.75, 3.05) is 19.6 Å². The summed E-state index contributed by atoms with van der Waals surface area (Å²) in [6.07, 6.45) is 1.83. The van der Waals surface area contributed by atoms with Gasteiger partial charge in [-0.25, -0.2) is 0 Å². The third kappa shape index (κ3) is 4.65. The van der Waals surface area contributed by atoms with Crippen LogP contribution in [0.5, 0.6) is 0 Å². The maximum Gasteiger partial charge on any atom is 0.390 e. The lowest BCUT2D eigenvalue weighted by Gasteiger charge is -2.30. The van der Waals surface area contributed by atoms with Gasteiger partial charge >= 0.3 is 6.18 Å². The van der Waals surface area contributed by atoms with Gasteiger partial charge in [0.25, 0.3) is 0 Å². The molecule has 1 atom stereocenters. The smallest absolute Gasteiger partial charge is 0.355 e. The summed E-state index contributed by atoms with van der Waals surface area (Å²) in [5.41, 5.74) is 0. The van der Waals surface area contributed by atoms with Gasteiger partial charge in [-0.2, -0.15) is 13.2 Å². The molecule has 0 spiro atoms. The first-order chi connectivity index (χ1) is 9.46. The third-order valence-corrected chi connectivity index (χ3v) is 4.39. The number of amides is 1. The summed E-state index contributed by atoms with van der Waals surface area (Å²) in [4.78, 5) is 14.2. The number of carbonyl (C=O) groups is 1. The zero-order chi connectivity index (χ0) is 14.6. The molecule has 3 nitrogen and oxygen atoms in total. The Hall–Kier alpha value is -0.780. The van der Waals surface area contributed by atoms with Gasteiger partial charge in [-0.1, -0.05) is 19.3 Å². The Morgan fingerprint density at radius 1 is 1.15 bits per heavy atom. The summed E-state index contributed by atoms with van der Waals surface area (Å²) in [6, 6.07) is 0.580. The quantitative estimate of drug-likeness (QED) is 0.864. The topological polar surface area (TPSA) is 32.3 Å². The SMILES string of the molecule is O=C(NCCC(F)(F)F)[C@H]1CCN(C2CCCCC2)C1. The van der Waals surface area contributed by atoms with Gasteiger partial charge in [0, 0.05) is 19.1 Å². The highest BCUT2D eigenvalue weighted by atomic mass is 19.4. The molecular weight excluding hydrogens is 269 g/mol. The number of halogens is 3. The third-order valence-electron chi connectivity index (χ3n) is 4.39. The number of hydrogen-bond acceptors (Lipinski definition) is 2. The van der Waals surface area contributed by atoms with Gasteiger partial charge in [0.2, 0.25) is 5.91 Å². The molecular formula is C14H23F3N2O. The molecule has 116 valence electrons. The Bertz CT molecular complexity index is 327. The summed E-state index contributed by atoms with van der Waals surface area (Å²) in [5, 5.41) is 2.42. The molecule has 0 aromatic carbocycles. The highest BCUT2D eigenvalue weighted by Gasteiger charge is 2.33. The molecule has 0 aromatic rings. The molecule has 20 heavy (non-hydrogen) atoms. The van der Waals surface area contributed by atoms with Crippen molar-refractivity contribution < 1.29 is 18.0 Å². The van der Waals surface area contributed by atoms with Crippen LogP contribution in [0.15, 0.2) is 0 Å². The van der Waals surface area contributed by atoms with Crippen LogP contribution in [0.3, 0.4) is 0 Å². The number of hydrogen-bond donors (Lipinski definition) is 1. The molecule has 2 rings (SSSR count). The van der Waals surface area contributed by atoms with Crippen molar-refractivity contribution in [2.24, 2.45) is 5.92 Å². The zero-order valence-electron chi connectivity index (χ0n) is 11.7. The van der Waals surface area contributed by atoms with Crippen molar-refractivity contribution in [2.45, 2.75) is 57.2 Å². The summed E-state index contributed by atoms with van der Waals surface area (Å²) < 4.78 is 36.1. The monoisotopic (exact) mass is 292 g/mol. The Labute approximate surface area is 117 Å². The van der Waals surface area contributed by atoms with E-state index in [1.807, 2.05) is 0 Å². The van der Waals surface area contributed by atoms with Crippen LogP contribution >= 0.6 is 0 Å². The van der Waals surface area contributed by atoms with Crippen LogP contribution in [0, 0.1) is 5.92 Å². The predicted molar refractivity (Wildman–Crippen MR) is 70.2 cm³/mol. The number of nitrogens with zero attached hydrogens (tertiary/aromatic N) is 1. The van der Waals surface area contributed by atoms with Crippen LogP contribution in [-0.4, -0.2) is 42.7 Å². The molecule has 0 radical (unpaired) electrons. The van der Waals surface area contributed by atoms with E-state index in [0.717, 1.165) is 13.0 Å². The summed E-state index contributed by atoms with van der Waals surface area (Å²) in [5.74, 6) is -0.349. The van der Waals surface area contributed by atoms with Crippen LogP contribution < -0.4 is 5.32 Å². The Morgan fingerprint density at radius 2 is 1.85 bits per heavy atom. The van der Waals surface area contributed by atoms with Gasteiger partial charge in [-0.3, -0.25) is 9.69 Å². The highest BCUT2D eigenvalue weighted by Crippen LogP contribution is 2.27. The lowest BCUT2D eigenvalue weighted by atomic mass is 9.94. The van der Waals surface area contributed by atoms with Gasteiger partial charge in [-0.05, 0) is 25.8 Å². The first-order valence-electron chi connectivity index (χ1n) is 7.54. The molecule has 1 heterocycles. The molecule has 1 aliphatic heterocycles. The van der Waals surface area contributed by atoms with E-state index in [-0.39, 0.29) is 18.4 Å². The largest absolute Gasteiger partial charge is 0.390 e. The van der Waals surface area contributed by atoms with Crippen molar-refractivity contribution in [1.82, 2.24) is 10.2 Å². The standard InChI is InChI=1S/C14H23F3N2O/c15-14(16,17)7-8-18-13(20)11-6-9-19(10-11)12-4-2-1-3-5-12/h11-12H,1-10H2,(H,18,20)/t11-/m0/s1. The Kier molecular flexibility index (Phi) is 5.29. The number of likely N-dealkylation sites (tertiary alicyclic amines) is 1.